The molecule has 0 N–H and O–H groups in total. The van der Waals surface area contributed by atoms with Crippen molar-refractivity contribution in [3.05, 3.63) is 36.4 Å². The van der Waals surface area contributed by atoms with Crippen molar-refractivity contribution in [2.24, 2.45) is 0 Å². The predicted molar refractivity (Wildman–Crippen MR) is 104 cm³/mol. The second-order valence-corrected chi connectivity index (χ2v) is 7.93. The molecular weight excluding hydrogens is 342 g/mol. The monoisotopic (exact) mass is 368 g/mol. The van der Waals surface area contributed by atoms with Crippen molar-refractivity contribution in [2.45, 2.75) is 27.7 Å². The normalized spacial score (nSPS) is 11.8. The Morgan fingerprint density at radius 3 is 1.88 bits per heavy atom. The molecule has 2 aromatic rings. The van der Waals surface area contributed by atoms with Gasteiger partial charge in [0.05, 0.1) is 26.4 Å². The Morgan fingerprint density at radius 1 is 0.708 bits per heavy atom. The molecule has 24 heavy (non-hydrogen) atoms. The van der Waals surface area contributed by atoms with Gasteiger partial charge in [-0.15, -0.1) is 0 Å². The number of hydrogen-bond acceptors (Lipinski definition) is 4. The van der Waals surface area contributed by atoms with Crippen molar-refractivity contribution >= 4 is 38.1 Å². The summed E-state index contributed by atoms with van der Waals surface area (Å²) in [6.45, 7) is 10.5. The Labute approximate surface area is 147 Å². The van der Waals surface area contributed by atoms with E-state index in [1.54, 1.807) is 0 Å². The highest BCUT2D eigenvalue weighted by Gasteiger charge is 2.19. The predicted octanol–water partition coefficient (Wildman–Crippen LogP) is 4.86. The zero-order valence-corrected chi connectivity index (χ0v) is 16.6. The van der Waals surface area contributed by atoms with Crippen molar-refractivity contribution in [3.8, 4) is 0 Å². The molecule has 4 nitrogen and oxygen atoms in total. The molecular formula is C18H26O4P2. The van der Waals surface area contributed by atoms with Crippen LogP contribution in [0.5, 0.6) is 0 Å². The second-order valence-electron chi connectivity index (χ2n) is 4.87. The minimum absolute atomic E-state index is 0.631. The maximum Gasteiger partial charge on any atom is 0.205 e. The van der Waals surface area contributed by atoms with E-state index >= 15 is 0 Å². The van der Waals surface area contributed by atoms with E-state index in [2.05, 4.69) is 36.4 Å². The average Bonchev–Trinajstić information content (AvgIpc) is 2.60. The van der Waals surface area contributed by atoms with Gasteiger partial charge in [-0.1, -0.05) is 18.2 Å². The summed E-state index contributed by atoms with van der Waals surface area (Å²) in [5, 5.41) is 4.51. The summed E-state index contributed by atoms with van der Waals surface area (Å²) in [6.07, 6.45) is 0. The van der Waals surface area contributed by atoms with Gasteiger partial charge in [-0.25, -0.2) is 0 Å². The van der Waals surface area contributed by atoms with Gasteiger partial charge < -0.3 is 18.1 Å². The van der Waals surface area contributed by atoms with Gasteiger partial charge in [0.25, 0.3) is 0 Å². The Morgan fingerprint density at radius 2 is 1.29 bits per heavy atom. The van der Waals surface area contributed by atoms with Crippen molar-refractivity contribution in [1.29, 1.82) is 0 Å². The number of hydrogen-bond donors (Lipinski definition) is 0. The fourth-order valence-electron chi connectivity index (χ4n) is 2.35. The third-order valence-electron chi connectivity index (χ3n) is 3.24. The topological polar surface area (TPSA) is 36.9 Å². The smallest absolute Gasteiger partial charge is 0.205 e. The van der Waals surface area contributed by atoms with Crippen molar-refractivity contribution in [1.82, 2.24) is 0 Å². The first-order chi connectivity index (χ1) is 11.7. The van der Waals surface area contributed by atoms with E-state index in [0.29, 0.717) is 26.4 Å². The molecule has 0 aliphatic carbocycles. The zero-order chi connectivity index (χ0) is 17.4. The highest BCUT2D eigenvalue weighted by molar-refractivity contribution is 7.57. The summed E-state index contributed by atoms with van der Waals surface area (Å²) in [5.41, 5.74) is 0. The lowest BCUT2D eigenvalue weighted by atomic mass is 10.1. The Bertz CT molecular complexity index is 623. The fourth-order valence-corrected chi connectivity index (χ4v) is 5.04. The van der Waals surface area contributed by atoms with E-state index in [9.17, 15) is 0 Å². The van der Waals surface area contributed by atoms with Crippen LogP contribution in [-0.2, 0) is 18.1 Å². The average molecular weight is 368 g/mol. The molecule has 0 spiro atoms. The lowest BCUT2D eigenvalue weighted by Crippen LogP contribution is -2.11. The van der Waals surface area contributed by atoms with Crippen LogP contribution >= 0.6 is 16.8 Å². The van der Waals surface area contributed by atoms with Gasteiger partial charge in [0.1, 0.15) is 0 Å². The molecule has 132 valence electrons. The van der Waals surface area contributed by atoms with Gasteiger partial charge in [-0.2, -0.15) is 0 Å². The summed E-state index contributed by atoms with van der Waals surface area (Å²) < 4.78 is 23.3. The minimum atomic E-state index is -1.08. The first kappa shape index (κ1) is 19.7. The molecule has 6 heteroatoms. The molecule has 2 rings (SSSR count). The molecule has 0 bridgehead atoms. The third kappa shape index (κ3) is 4.95. The molecule has 0 aromatic heterocycles. The highest BCUT2D eigenvalue weighted by Crippen LogP contribution is 2.41. The van der Waals surface area contributed by atoms with Gasteiger partial charge in [0.15, 0.2) is 0 Å². The molecule has 0 heterocycles. The molecule has 0 fully saturated rings. The first-order valence-corrected chi connectivity index (χ1v) is 10.7. The molecule has 0 atom stereocenters. The van der Waals surface area contributed by atoms with E-state index in [1.807, 2.05) is 27.7 Å². The van der Waals surface area contributed by atoms with Crippen LogP contribution in [0.3, 0.4) is 0 Å². The summed E-state index contributed by atoms with van der Waals surface area (Å²) in [7, 11) is -2.13. The minimum Gasteiger partial charge on any atom is -0.331 e. The molecule has 2 aromatic carbocycles. The fraction of sp³-hybridized carbons (Fsp3) is 0.444. The molecule has 0 saturated heterocycles. The largest absolute Gasteiger partial charge is 0.331 e. The van der Waals surface area contributed by atoms with Gasteiger partial charge in [-0.3, -0.25) is 0 Å². The number of rotatable bonds is 10. The molecule has 0 radical (unpaired) electrons. The lowest BCUT2D eigenvalue weighted by molar-refractivity contribution is 0.277. The van der Waals surface area contributed by atoms with Crippen LogP contribution in [0.2, 0.25) is 0 Å². The quantitative estimate of drug-likeness (QED) is 0.561. The van der Waals surface area contributed by atoms with Crippen molar-refractivity contribution in [2.75, 3.05) is 26.4 Å². The summed E-state index contributed by atoms with van der Waals surface area (Å²) in [4.78, 5) is 0. The van der Waals surface area contributed by atoms with E-state index in [-0.39, 0.29) is 0 Å². The van der Waals surface area contributed by atoms with Crippen molar-refractivity contribution in [3.63, 3.8) is 0 Å². The van der Waals surface area contributed by atoms with E-state index in [4.69, 9.17) is 18.1 Å². The summed E-state index contributed by atoms with van der Waals surface area (Å²) in [6, 6.07) is 12.6. The lowest BCUT2D eigenvalue weighted by Gasteiger charge is -2.20. The summed E-state index contributed by atoms with van der Waals surface area (Å²) >= 11 is 0. The van der Waals surface area contributed by atoms with Crippen LogP contribution in [0.1, 0.15) is 27.7 Å². The zero-order valence-electron chi connectivity index (χ0n) is 14.8. The Balaban J connectivity index is 2.46. The molecule has 0 aliphatic heterocycles. The molecule has 0 saturated carbocycles. The van der Waals surface area contributed by atoms with Crippen LogP contribution in [0.15, 0.2) is 36.4 Å². The molecule has 0 amide bonds. The molecule has 0 aliphatic rings. The van der Waals surface area contributed by atoms with Crippen LogP contribution in [0.4, 0.5) is 0 Å². The van der Waals surface area contributed by atoms with Crippen molar-refractivity contribution < 1.29 is 18.1 Å². The van der Waals surface area contributed by atoms with Crippen LogP contribution in [0.25, 0.3) is 10.8 Å². The van der Waals surface area contributed by atoms with E-state index < -0.39 is 16.8 Å². The summed E-state index contributed by atoms with van der Waals surface area (Å²) in [5.74, 6) is 0. The maximum absolute atomic E-state index is 5.86. The van der Waals surface area contributed by atoms with Gasteiger partial charge >= 0.3 is 0 Å². The van der Waals surface area contributed by atoms with Gasteiger partial charge in [0.2, 0.25) is 16.8 Å². The van der Waals surface area contributed by atoms with Gasteiger partial charge in [-0.05, 0) is 56.7 Å². The van der Waals surface area contributed by atoms with Crippen LogP contribution in [0, 0.1) is 0 Å². The molecule has 0 unspecified atom stereocenters. The van der Waals surface area contributed by atoms with Crippen LogP contribution < -0.4 is 10.6 Å². The number of fused-ring (bicyclic) bond motifs is 1. The van der Waals surface area contributed by atoms with E-state index in [1.165, 1.54) is 5.39 Å². The maximum atomic E-state index is 5.86. The standard InChI is InChI=1S/C18H26O4P2/c1-5-19-23(20-6-2)16-13-12-15-10-9-11-18(17(15)14-16)24(21-7-3)22-8-4/h9-14H,5-8H2,1-4H3. The number of benzene rings is 2. The SMILES string of the molecule is CCOP(OCC)c1ccc2cccc(P(OCC)OCC)c2c1. The Hall–Kier alpha value is -0.600. The van der Waals surface area contributed by atoms with Gasteiger partial charge in [0, 0.05) is 10.6 Å². The highest BCUT2D eigenvalue weighted by atomic mass is 31.2. The first-order valence-electron chi connectivity index (χ1n) is 8.39. The van der Waals surface area contributed by atoms with E-state index in [0.717, 1.165) is 16.0 Å². The van der Waals surface area contributed by atoms with Crippen LogP contribution in [-0.4, -0.2) is 26.4 Å². The Kier molecular flexibility index (Phi) is 8.55. The second kappa shape index (κ2) is 10.4. The third-order valence-corrected chi connectivity index (χ3v) is 6.69.